The zero-order chi connectivity index (χ0) is 16.0. The first-order valence-corrected chi connectivity index (χ1v) is 6.84. The Morgan fingerprint density at radius 1 is 1.24 bits per heavy atom. The summed E-state index contributed by atoms with van der Waals surface area (Å²) in [6.07, 6.45) is -9.22. The van der Waals surface area contributed by atoms with E-state index in [1.54, 1.807) is 0 Å². The van der Waals surface area contributed by atoms with E-state index in [2.05, 4.69) is 5.10 Å². The van der Waals surface area contributed by atoms with Crippen LogP contribution in [0.25, 0.3) is 0 Å². The van der Waals surface area contributed by atoms with E-state index in [1.807, 2.05) is 0 Å². The van der Waals surface area contributed by atoms with Gasteiger partial charge in [0.1, 0.15) is 0 Å². The Kier molecular flexibility index (Phi) is 4.21. The van der Waals surface area contributed by atoms with Crippen LogP contribution in [0.15, 0.2) is 0 Å². The Hall–Kier alpha value is -0.920. The largest absolute Gasteiger partial charge is 0.436 e. The molecule has 2 rings (SSSR count). The maximum Gasteiger partial charge on any atom is 0.436 e. The van der Waals surface area contributed by atoms with Crippen molar-refractivity contribution in [2.45, 2.75) is 56.9 Å². The van der Waals surface area contributed by atoms with E-state index in [4.69, 9.17) is 11.6 Å². The van der Waals surface area contributed by atoms with Gasteiger partial charge < -0.3 is 0 Å². The number of alkyl halides is 6. The minimum atomic E-state index is -4.78. The molecule has 0 amide bonds. The molecule has 0 radical (unpaired) electrons. The van der Waals surface area contributed by atoms with E-state index in [9.17, 15) is 26.3 Å². The molecule has 120 valence electrons. The minimum Gasteiger partial charge on any atom is -0.264 e. The monoisotopic (exact) mass is 334 g/mol. The molecule has 21 heavy (non-hydrogen) atoms. The highest BCUT2D eigenvalue weighted by Gasteiger charge is 2.44. The molecule has 1 fully saturated rings. The topological polar surface area (TPSA) is 17.8 Å². The Bertz CT molecular complexity index is 515. The number of halogens is 7. The van der Waals surface area contributed by atoms with Gasteiger partial charge in [0.05, 0.1) is 23.2 Å². The quantitative estimate of drug-likeness (QED) is 0.680. The summed E-state index contributed by atoms with van der Waals surface area (Å²) in [6.45, 7) is 1.48. The average molecular weight is 335 g/mol. The van der Waals surface area contributed by atoms with Crippen molar-refractivity contribution in [3.63, 3.8) is 0 Å². The lowest BCUT2D eigenvalue weighted by atomic mass is 10.1. The first-order valence-electron chi connectivity index (χ1n) is 6.46. The van der Waals surface area contributed by atoms with E-state index >= 15 is 0 Å². The second kappa shape index (κ2) is 5.37. The lowest BCUT2D eigenvalue weighted by Gasteiger charge is -2.20. The van der Waals surface area contributed by atoms with Gasteiger partial charge >= 0.3 is 12.4 Å². The van der Waals surface area contributed by atoms with Crippen molar-refractivity contribution in [2.75, 3.05) is 0 Å². The third kappa shape index (κ3) is 3.64. The molecule has 0 saturated heterocycles. The van der Waals surface area contributed by atoms with E-state index in [0.717, 1.165) is 4.68 Å². The number of hydrogen-bond donors (Lipinski definition) is 0. The van der Waals surface area contributed by atoms with Crippen LogP contribution in [0.1, 0.15) is 56.0 Å². The molecule has 1 atom stereocenters. The van der Waals surface area contributed by atoms with Crippen molar-refractivity contribution in [3.05, 3.63) is 16.4 Å². The van der Waals surface area contributed by atoms with Gasteiger partial charge in [0, 0.05) is 5.92 Å². The van der Waals surface area contributed by atoms with Crippen molar-refractivity contribution >= 4 is 11.6 Å². The van der Waals surface area contributed by atoms with Crippen LogP contribution in [-0.2, 0) is 6.18 Å². The molecule has 1 aliphatic rings. The summed E-state index contributed by atoms with van der Waals surface area (Å²) < 4.78 is 77.1. The van der Waals surface area contributed by atoms with Gasteiger partial charge in [0.2, 0.25) is 0 Å². The lowest BCUT2D eigenvalue weighted by molar-refractivity contribution is -0.145. The van der Waals surface area contributed by atoms with Crippen LogP contribution in [0.2, 0.25) is 5.02 Å². The first-order chi connectivity index (χ1) is 9.54. The Balaban J connectivity index is 2.46. The molecule has 2 nitrogen and oxygen atoms in total. The summed E-state index contributed by atoms with van der Waals surface area (Å²) in [5, 5.41) is 2.79. The summed E-state index contributed by atoms with van der Waals surface area (Å²) in [7, 11) is 0. The lowest BCUT2D eigenvalue weighted by Crippen LogP contribution is -2.21. The van der Waals surface area contributed by atoms with Gasteiger partial charge in [0.15, 0.2) is 5.69 Å². The van der Waals surface area contributed by atoms with Gasteiger partial charge in [-0.15, -0.1) is 0 Å². The normalized spacial score (nSPS) is 18.1. The molecular formula is C12H13ClF6N2. The number of aromatic nitrogens is 2. The molecule has 1 saturated carbocycles. The van der Waals surface area contributed by atoms with Gasteiger partial charge in [0.25, 0.3) is 0 Å². The summed E-state index contributed by atoms with van der Waals surface area (Å²) in [6, 6.07) is -1.17. The Labute approximate surface area is 122 Å². The van der Waals surface area contributed by atoms with Crippen molar-refractivity contribution in [2.24, 2.45) is 0 Å². The van der Waals surface area contributed by atoms with Crippen molar-refractivity contribution in [1.82, 2.24) is 9.78 Å². The maximum absolute atomic E-state index is 12.8. The number of rotatable bonds is 4. The number of hydrogen-bond acceptors (Lipinski definition) is 1. The molecule has 0 N–H and O–H groups in total. The second-order valence-electron chi connectivity index (χ2n) is 5.15. The van der Waals surface area contributed by atoms with Gasteiger partial charge in [-0.2, -0.15) is 31.4 Å². The maximum atomic E-state index is 12.8. The Morgan fingerprint density at radius 2 is 1.81 bits per heavy atom. The van der Waals surface area contributed by atoms with Crippen LogP contribution < -0.4 is 0 Å². The summed E-state index contributed by atoms with van der Waals surface area (Å²) in [5.74, 6) is -0.233. The van der Waals surface area contributed by atoms with Crippen LogP contribution in [0.3, 0.4) is 0 Å². The minimum absolute atomic E-state index is 0.0224. The highest BCUT2D eigenvalue weighted by molar-refractivity contribution is 6.32. The molecule has 1 unspecified atom stereocenters. The average Bonchev–Trinajstić information content (AvgIpc) is 3.07. The Morgan fingerprint density at radius 3 is 2.19 bits per heavy atom. The fourth-order valence-electron chi connectivity index (χ4n) is 2.28. The predicted octanol–water partition coefficient (Wildman–Crippen LogP) is 5.34. The smallest absolute Gasteiger partial charge is 0.264 e. The molecule has 0 aromatic carbocycles. The molecule has 1 aromatic heterocycles. The zero-order valence-corrected chi connectivity index (χ0v) is 11.8. The first kappa shape index (κ1) is 16.5. The fraction of sp³-hybridized carbons (Fsp3) is 0.750. The molecular weight excluding hydrogens is 322 g/mol. The van der Waals surface area contributed by atoms with Crippen molar-refractivity contribution in [3.8, 4) is 0 Å². The molecule has 9 heteroatoms. The fourth-order valence-corrected chi connectivity index (χ4v) is 2.67. The van der Waals surface area contributed by atoms with E-state index < -0.39 is 35.5 Å². The second-order valence-corrected chi connectivity index (χ2v) is 5.52. The van der Waals surface area contributed by atoms with Gasteiger partial charge in [-0.1, -0.05) is 18.5 Å². The van der Waals surface area contributed by atoms with Crippen LogP contribution in [0, 0.1) is 0 Å². The molecule has 1 aromatic rings. The van der Waals surface area contributed by atoms with E-state index in [0.29, 0.717) is 12.8 Å². The third-order valence-corrected chi connectivity index (χ3v) is 3.78. The summed E-state index contributed by atoms with van der Waals surface area (Å²) >= 11 is 5.74. The zero-order valence-electron chi connectivity index (χ0n) is 11.0. The molecule has 0 bridgehead atoms. The van der Waals surface area contributed by atoms with Crippen LogP contribution >= 0.6 is 11.6 Å². The van der Waals surface area contributed by atoms with Crippen molar-refractivity contribution < 1.29 is 26.3 Å². The highest BCUT2D eigenvalue weighted by atomic mass is 35.5. The predicted molar refractivity (Wildman–Crippen MR) is 64.2 cm³/mol. The van der Waals surface area contributed by atoms with Crippen molar-refractivity contribution in [1.29, 1.82) is 0 Å². The summed E-state index contributed by atoms with van der Waals surface area (Å²) in [5.41, 5.74) is -1.22. The van der Waals surface area contributed by atoms with Gasteiger partial charge in [-0.25, -0.2) is 0 Å². The molecule has 0 spiro atoms. The molecule has 0 aliphatic heterocycles. The van der Waals surface area contributed by atoms with Gasteiger partial charge in [-0.05, 0) is 19.3 Å². The highest BCUT2D eigenvalue weighted by Crippen LogP contribution is 2.48. The van der Waals surface area contributed by atoms with Crippen LogP contribution in [0.4, 0.5) is 26.3 Å². The number of nitrogens with zero attached hydrogens (tertiary/aromatic N) is 2. The summed E-state index contributed by atoms with van der Waals surface area (Å²) in [4.78, 5) is 0. The van der Waals surface area contributed by atoms with Gasteiger partial charge in [-0.3, -0.25) is 4.68 Å². The van der Waals surface area contributed by atoms with Crippen LogP contribution in [-0.4, -0.2) is 16.0 Å². The van der Waals surface area contributed by atoms with E-state index in [-0.39, 0.29) is 18.0 Å². The van der Waals surface area contributed by atoms with Crippen LogP contribution in [0.5, 0.6) is 0 Å². The third-order valence-electron chi connectivity index (χ3n) is 3.40. The molecule has 1 heterocycles. The molecule has 1 aliphatic carbocycles. The van der Waals surface area contributed by atoms with E-state index in [1.165, 1.54) is 6.92 Å². The standard InChI is InChI=1S/C12H13ClF6N2/c1-2-7(5-11(14,15)16)21-9(6-3-4-6)8(13)10(20-21)12(17,18)19/h6-7H,2-5H2,1H3. The SMILES string of the molecule is CCC(CC(F)(F)F)n1nc(C(F)(F)F)c(Cl)c1C1CC1.